The smallest absolute Gasteiger partial charge is 0.220 e. The standard InChI is InChI=1S/C20H33N3O2/c1-17-7-9-18(10-8-17)19(22(2)3)16-21-20(24)6-4-5-11-23-12-14-25-15-13-23/h7-10,19H,4-6,11-16H2,1-3H3,(H,21,24)/t19-/m1/s1. The summed E-state index contributed by atoms with van der Waals surface area (Å²) in [7, 11) is 4.11. The first-order valence-corrected chi connectivity index (χ1v) is 9.36. The number of hydrogen-bond donors (Lipinski definition) is 1. The van der Waals surface area contributed by atoms with Crippen LogP contribution in [-0.2, 0) is 9.53 Å². The van der Waals surface area contributed by atoms with Crippen LogP contribution < -0.4 is 5.32 Å². The SMILES string of the molecule is Cc1ccc([C@@H](CNC(=O)CCCCN2CCOCC2)N(C)C)cc1. The van der Waals surface area contributed by atoms with Crippen LogP contribution in [0.3, 0.4) is 0 Å². The number of nitrogens with zero attached hydrogens (tertiary/aromatic N) is 2. The van der Waals surface area contributed by atoms with Crippen LogP contribution in [0.2, 0.25) is 0 Å². The van der Waals surface area contributed by atoms with Gasteiger partial charge in [0.05, 0.1) is 19.3 Å². The van der Waals surface area contributed by atoms with Gasteiger partial charge in [-0.25, -0.2) is 0 Å². The normalized spacial score (nSPS) is 16.8. The second kappa shape index (κ2) is 10.5. The lowest BCUT2D eigenvalue weighted by Gasteiger charge is -2.26. The summed E-state index contributed by atoms with van der Waals surface area (Å²) in [5.74, 6) is 0.154. The van der Waals surface area contributed by atoms with Crippen molar-refractivity contribution < 1.29 is 9.53 Å². The Morgan fingerprint density at radius 3 is 2.52 bits per heavy atom. The molecule has 0 unspecified atom stereocenters. The van der Waals surface area contributed by atoms with Gasteiger partial charge in [0.2, 0.25) is 5.91 Å². The molecule has 5 nitrogen and oxygen atoms in total. The lowest BCUT2D eigenvalue weighted by Crippen LogP contribution is -2.37. The number of benzene rings is 1. The van der Waals surface area contributed by atoms with Crippen molar-refractivity contribution in [1.82, 2.24) is 15.1 Å². The second-order valence-corrected chi connectivity index (χ2v) is 7.11. The largest absolute Gasteiger partial charge is 0.379 e. The molecule has 1 aliphatic rings. The lowest BCUT2D eigenvalue weighted by atomic mass is 10.0. The summed E-state index contributed by atoms with van der Waals surface area (Å²) in [4.78, 5) is 16.7. The highest BCUT2D eigenvalue weighted by atomic mass is 16.5. The van der Waals surface area contributed by atoms with Crippen molar-refractivity contribution in [3.05, 3.63) is 35.4 Å². The number of carbonyl (C=O) groups is 1. The van der Waals surface area contributed by atoms with Crippen molar-refractivity contribution in [1.29, 1.82) is 0 Å². The van der Waals surface area contributed by atoms with E-state index < -0.39 is 0 Å². The number of amides is 1. The number of morpholine rings is 1. The van der Waals surface area contributed by atoms with E-state index in [0.717, 1.165) is 45.7 Å². The first-order valence-electron chi connectivity index (χ1n) is 9.36. The van der Waals surface area contributed by atoms with Gasteiger partial charge in [-0.05, 0) is 46.0 Å². The van der Waals surface area contributed by atoms with Gasteiger partial charge in [0.25, 0.3) is 0 Å². The number of ether oxygens (including phenoxy) is 1. The summed E-state index contributed by atoms with van der Waals surface area (Å²) in [6.07, 6.45) is 2.63. The molecule has 1 aromatic carbocycles. The van der Waals surface area contributed by atoms with Crippen molar-refractivity contribution in [2.24, 2.45) is 0 Å². The van der Waals surface area contributed by atoms with Gasteiger partial charge in [-0.15, -0.1) is 0 Å². The number of unbranched alkanes of at least 4 members (excludes halogenated alkanes) is 1. The molecule has 0 spiro atoms. The van der Waals surface area contributed by atoms with Gasteiger partial charge in [-0.1, -0.05) is 29.8 Å². The number of likely N-dealkylation sites (N-methyl/N-ethyl adjacent to an activating group) is 1. The van der Waals surface area contributed by atoms with E-state index in [4.69, 9.17) is 4.74 Å². The molecule has 0 radical (unpaired) electrons. The van der Waals surface area contributed by atoms with Gasteiger partial charge >= 0.3 is 0 Å². The average Bonchev–Trinajstić information content (AvgIpc) is 2.61. The Labute approximate surface area is 152 Å². The van der Waals surface area contributed by atoms with Crippen LogP contribution in [0, 0.1) is 6.92 Å². The molecule has 1 aromatic rings. The number of nitrogens with one attached hydrogen (secondary N) is 1. The molecule has 2 rings (SSSR count). The summed E-state index contributed by atoms with van der Waals surface area (Å²) < 4.78 is 5.35. The van der Waals surface area contributed by atoms with E-state index in [1.807, 2.05) is 0 Å². The van der Waals surface area contributed by atoms with Gasteiger partial charge < -0.3 is 15.0 Å². The van der Waals surface area contributed by atoms with Gasteiger partial charge in [0.1, 0.15) is 0 Å². The zero-order valence-corrected chi connectivity index (χ0v) is 16.0. The maximum Gasteiger partial charge on any atom is 0.220 e. The minimum Gasteiger partial charge on any atom is -0.379 e. The average molecular weight is 348 g/mol. The number of aryl methyl sites for hydroxylation is 1. The van der Waals surface area contributed by atoms with Crippen molar-refractivity contribution in [3.63, 3.8) is 0 Å². The predicted molar refractivity (Wildman–Crippen MR) is 102 cm³/mol. The molecule has 1 N–H and O–H groups in total. The topological polar surface area (TPSA) is 44.8 Å². The Morgan fingerprint density at radius 2 is 1.88 bits per heavy atom. The molecule has 1 saturated heterocycles. The third-order valence-corrected chi connectivity index (χ3v) is 4.81. The maximum atomic E-state index is 12.1. The highest BCUT2D eigenvalue weighted by Crippen LogP contribution is 2.18. The maximum absolute atomic E-state index is 12.1. The first-order chi connectivity index (χ1) is 12.1. The molecular weight excluding hydrogens is 314 g/mol. The molecule has 5 heteroatoms. The predicted octanol–water partition coefficient (Wildman–Crippen LogP) is 2.22. The van der Waals surface area contributed by atoms with Crippen LogP contribution in [0.5, 0.6) is 0 Å². The molecule has 1 atom stereocenters. The number of carbonyl (C=O) groups excluding carboxylic acids is 1. The fraction of sp³-hybridized carbons (Fsp3) is 0.650. The summed E-state index contributed by atoms with van der Waals surface area (Å²) in [6, 6.07) is 8.75. The monoisotopic (exact) mass is 347 g/mol. The molecule has 25 heavy (non-hydrogen) atoms. The van der Waals surface area contributed by atoms with E-state index in [2.05, 4.69) is 60.4 Å². The van der Waals surface area contributed by atoms with Crippen LogP contribution in [0.25, 0.3) is 0 Å². The van der Waals surface area contributed by atoms with E-state index in [1.165, 1.54) is 11.1 Å². The van der Waals surface area contributed by atoms with Crippen molar-refractivity contribution >= 4 is 5.91 Å². The van der Waals surface area contributed by atoms with Crippen LogP contribution >= 0.6 is 0 Å². The molecule has 1 amide bonds. The Kier molecular flexibility index (Phi) is 8.38. The van der Waals surface area contributed by atoms with E-state index >= 15 is 0 Å². The van der Waals surface area contributed by atoms with Crippen LogP contribution in [-0.4, -0.2) is 69.2 Å². The molecular formula is C20H33N3O2. The molecule has 140 valence electrons. The molecule has 1 fully saturated rings. The van der Waals surface area contributed by atoms with Crippen molar-refractivity contribution in [2.45, 2.75) is 32.2 Å². The summed E-state index contributed by atoms with van der Waals surface area (Å²) >= 11 is 0. The van der Waals surface area contributed by atoms with E-state index in [0.29, 0.717) is 13.0 Å². The van der Waals surface area contributed by atoms with Gasteiger partial charge in [-0.2, -0.15) is 0 Å². The number of rotatable bonds is 9. The van der Waals surface area contributed by atoms with E-state index in [-0.39, 0.29) is 11.9 Å². The Bertz CT molecular complexity index is 510. The van der Waals surface area contributed by atoms with Gasteiger partial charge in [-0.3, -0.25) is 9.69 Å². The molecule has 0 saturated carbocycles. The third-order valence-electron chi connectivity index (χ3n) is 4.81. The first kappa shape index (κ1) is 19.9. The highest BCUT2D eigenvalue weighted by molar-refractivity contribution is 5.75. The minimum atomic E-state index is 0.154. The molecule has 1 heterocycles. The molecule has 0 aromatic heterocycles. The third kappa shape index (κ3) is 7.14. The minimum absolute atomic E-state index is 0.154. The summed E-state index contributed by atoms with van der Waals surface area (Å²) in [5.41, 5.74) is 2.49. The van der Waals surface area contributed by atoms with Crippen LogP contribution in [0.1, 0.15) is 36.4 Å². The number of hydrogen-bond acceptors (Lipinski definition) is 4. The van der Waals surface area contributed by atoms with Crippen LogP contribution in [0.4, 0.5) is 0 Å². The molecule has 1 aliphatic heterocycles. The Balaban J connectivity index is 1.67. The van der Waals surface area contributed by atoms with E-state index in [9.17, 15) is 4.79 Å². The fourth-order valence-corrected chi connectivity index (χ4v) is 3.13. The van der Waals surface area contributed by atoms with Crippen molar-refractivity contribution in [2.75, 3.05) is 53.5 Å². The quantitative estimate of drug-likeness (QED) is 0.696. The summed E-state index contributed by atoms with van der Waals surface area (Å²) in [5, 5.41) is 3.10. The van der Waals surface area contributed by atoms with E-state index in [1.54, 1.807) is 0 Å². The van der Waals surface area contributed by atoms with Crippen LogP contribution in [0.15, 0.2) is 24.3 Å². The van der Waals surface area contributed by atoms with Crippen molar-refractivity contribution in [3.8, 4) is 0 Å². The molecule has 0 aliphatic carbocycles. The van der Waals surface area contributed by atoms with Gasteiger partial charge in [0.15, 0.2) is 0 Å². The Morgan fingerprint density at radius 1 is 1.20 bits per heavy atom. The fourth-order valence-electron chi connectivity index (χ4n) is 3.13. The second-order valence-electron chi connectivity index (χ2n) is 7.11. The Hall–Kier alpha value is -1.43. The van der Waals surface area contributed by atoms with Gasteiger partial charge in [0, 0.05) is 26.1 Å². The summed E-state index contributed by atoms with van der Waals surface area (Å²) in [6.45, 7) is 7.53. The zero-order valence-electron chi connectivity index (χ0n) is 16.0. The highest BCUT2D eigenvalue weighted by Gasteiger charge is 2.15. The zero-order chi connectivity index (χ0) is 18.1. The molecule has 0 bridgehead atoms. The lowest BCUT2D eigenvalue weighted by molar-refractivity contribution is -0.121.